The van der Waals surface area contributed by atoms with Crippen molar-refractivity contribution in [2.75, 3.05) is 6.79 Å². The van der Waals surface area contributed by atoms with Crippen LogP contribution >= 0.6 is 0 Å². The highest BCUT2D eigenvalue weighted by Gasteiger charge is 2.06. The summed E-state index contributed by atoms with van der Waals surface area (Å²) in [5, 5.41) is 0. The lowest BCUT2D eigenvalue weighted by atomic mass is 10.1. The van der Waals surface area contributed by atoms with Gasteiger partial charge in [-0.25, -0.2) is 9.13 Å². The number of hydrogen-bond donors (Lipinski definition) is 0. The molecule has 2 rings (SSSR count). The van der Waals surface area contributed by atoms with Crippen LogP contribution < -0.4 is 43.1 Å². The van der Waals surface area contributed by atoms with Crippen LogP contribution in [0.15, 0.2) is 49.1 Å². The predicted molar refractivity (Wildman–Crippen MR) is 185 cm³/mol. The Kier molecular flexibility index (Phi) is 38.9. The van der Waals surface area contributed by atoms with Gasteiger partial charge in [-0.05, 0) is 25.0 Å². The van der Waals surface area contributed by atoms with Crippen molar-refractivity contribution in [3.8, 4) is 0 Å². The summed E-state index contributed by atoms with van der Waals surface area (Å²) in [7, 11) is 0. The van der Waals surface area contributed by atoms with Crippen LogP contribution in [0, 0.1) is 0 Å². The van der Waals surface area contributed by atoms with Crippen LogP contribution in [0.1, 0.15) is 168 Å². The van der Waals surface area contributed by atoms with Gasteiger partial charge >= 0.3 is 0 Å². The topological polar surface area (TPSA) is 26.2 Å². The van der Waals surface area contributed by atoms with Crippen LogP contribution in [-0.4, -0.2) is 6.79 Å². The van der Waals surface area contributed by atoms with E-state index in [9.17, 15) is 0 Å². The summed E-state index contributed by atoms with van der Waals surface area (Å²) in [6.45, 7) is 8.26. The third-order valence-electron chi connectivity index (χ3n) is 8.08. The first-order valence-electron chi connectivity index (χ1n) is 17.4. The Balaban J connectivity index is -0.00000441. The second kappa shape index (κ2) is 36.0. The fourth-order valence-corrected chi connectivity index (χ4v) is 5.54. The molecule has 0 aliphatic heterocycles. The standard InChI is InChI=1S/C37H64N2O2.2CH4.2BrH/c1-3-5-7-9-11-13-15-17-19-21-27-38-29-23-25-36(31-38)33-40-35-41-34-37-26-24-30-39(32-37)28-22-20-18-16-14-12-10-8-6-4-2;;;;/h23-26,29-32H,3-22,27-28,33-35H2,1-2H3;2*1H4;2*1H/q+2;;;;/p-2. The van der Waals surface area contributed by atoms with Crippen molar-refractivity contribution in [3.63, 3.8) is 0 Å². The van der Waals surface area contributed by atoms with Crippen molar-refractivity contribution in [3.05, 3.63) is 60.2 Å². The van der Waals surface area contributed by atoms with Gasteiger partial charge in [-0.2, -0.15) is 0 Å². The molecule has 0 spiro atoms. The van der Waals surface area contributed by atoms with E-state index >= 15 is 0 Å². The van der Waals surface area contributed by atoms with Crippen molar-refractivity contribution in [1.82, 2.24) is 0 Å². The normalized spacial score (nSPS) is 10.4. The van der Waals surface area contributed by atoms with E-state index in [0.717, 1.165) is 13.1 Å². The van der Waals surface area contributed by atoms with Gasteiger partial charge in [0.05, 0.1) is 13.2 Å². The van der Waals surface area contributed by atoms with Gasteiger partial charge in [-0.3, -0.25) is 0 Å². The molecule has 4 nitrogen and oxygen atoms in total. The summed E-state index contributed by atoms with van der Waals surface area (Å²) in [4.78, 5) is 0. The lowest BCUT2D eigenvalue weighted by molar-refractivity contribution is -0.698. The quantitative estimate of drug-likeness (QED) is 0.0689. The minimum Gasteiger partial charge on any atom is -1.00 e. The van der Waals surface area contributed by atoms with Crippen molar-refractivity contribution < 1.29 is 52.6 Å². The maximum atomic E-state index is 5.83. The molecule has 2 heterocycles. The molecule has 0 radical (unpaired) electrons. The highest BCUT2D eigenvalue weighted by atomic mass is 79.9. The molecule has 2 aromatic heterocycles. The monoisotopic (exact) mass is 758 g/mol. The van der Waals surface area contributed by atoms with Crippen LogP contribution in [-0.2, 0) is 35.8 Å². The van der Waals surface area contributed by atoms with E-state index in [2.05, 4.69) is 72.0 Å². The molecule has 0 fully saturated rings. The molecule has 0 amide bonds. The van der Waals surface area contributed by atoms with E-state index < -0.39 is 0 Å². The summed E-state index contributed by atoms with van der Waals surface area (Å²) in [5.74, 6) is 0. The highest BCUT2D eigenvalue weighted by Crippen LogP contribution is 2.12. The summed E-state index contributed by atoms with van der Waals surface area (Å²) >= 11 is 0. The number of pyridine rings is 2. The van der Waals surface area contributed by atoms with E-state index in [1.807, 2.05) is 0 Å². The first-order chi connectivity index (χ1) is 20.3. The van der Waals surface area contributed by atoms with Crippen LogP contribution in [0.3, 0.4) is 0 Å². The van der Waals surface area contributed by atoms with Gasteiger partial charge in [0.1, 0.15) is 19.9 Å². The molecule has 0 atom stereocenters. The number of ether oxygens (including phenoxy) is 2. The molecule has 0 aliphatic carbocycles. The molecule has 264 valence electrons. The van der Waals surface area contributed by atoms with Gasteiger partial charge in [0.25, 0.3) is 0 Å². The Bertz CT molecular complexity index is 799. The molecule has 0 saturated heterocycles. The highest BCUT2D eigenvalue weighted by molar-refractivity contribution is 5.04. The van der Waals surface area contributed by atoms with Crippen LogP contribution in [0.25, 0.3) is 0 Å². The number of halogens is 2. The Morgan fingerprint density at radius 1 is 0.467 bits per heavy atom. The Hall–Kier alpha value is -0.820. The zero-order chi connectivity index (χ0) is 29.1. The number of hydrogen-bond acceptors (Lipinski definition) is 2. The molecular weight excluding hydrogens is 688 g/mol. The molecule has 0 aliphatic rings. The second-order valence-electron chi connectivity index (χ2n) is 12.1. The molecule has 6 heteroatoms. The number of rotatable bonds is 28. The number of unbranched alkanes of at least 4 members (excludes halogenated alkanes) is 18. The average Bonchev–Trinajstić information content (AvgIpc) is 2.99. The minimum atomic E-state index is 0. The van der Waals surface area contributed by atoms with Gasteiger partial charge < -0.3 is 43.4 Å². The number of aryl methyl sites for hydroxylation is 2. The van der Waals surface area contributed by atoms with E-state index in [0.29, 0.717) is 20.0 Å². The van der Waals surface area contributed by atoms with Gasteiger partial charge in [0.2, 0.25) is 0 Å². The van der Waals surface area contributed by atoms with Crippen LogP contribution in [0.4, 0.5) is 0 Å². The summed E-state index contributed by atoms with van der Waals surface area (Å²) in [6.07, 6.45) is 36.3. The molecule has 0 saturated carbocycles. The van der Waals surface area contributed by atoms with E-state index in [1.165, 1.54) is 140 Å². The first kappa shape index (κ1) is 48.6. The van der Waals surface area contributed by atoms with Crippen molar-refractivity contribution in [1.29, 1.82) is 0 Å². The molecule has 2 aromatic rings. The SMILES string of the molecule is C.C.CCCCCCCCCCCC[n+]1cccc(COCOCc2ccc[n+](CCCCCCCCCCCC)c2)c1.[Br-].[Br-]. The van der Waals surface area contributed by atoms with Crippen molar-refractivity contribution in [2.24, 2.45) is 0 Å². The first-order valence-corrected chi connectivity index (χ1v) is 17.4. The fourth-order valence-electron chi connectivity index (χ4n) is 5.54. The van der Waals surface area contributed by atoms with Crippen LogP contribution in [0.5, 0.6) is 0 Å². The average molecular weight is 761 g/mol. The van der Waals surface area contributed by atoms with Gasteiger partial charge in [-0.1, -0.05) is 131 Å². The largest absolute Gasteiger partial charge is 1.00 e. The van der Waals surface area contributed by atoms with Crippen LogP contribution in [0.2, 0.25) is 0 Å². The molecule has 0 N–H and O–H groups in total. The van der Waals surface area contributed by atoms with E-state index in [-0.39, 0.29) is 48.8 Å². The molecule has 0 bridgehead atoms. The lowest BCUT2D eigenvalue weighted by Gasteiger charge is -2.06. The molecule has 0 aromatic carbocycles. The maximum absolute atomic E-state index is 5.83. The zero-order valence-corrected chi connectivity index (χ0v) is 30.9. The predicted octanol–water partition coefficient (Wildman–Crippen LogP) is 5.07. The maximum Gasteiger partial charge on any atom is 0.174 e. The Labute approximate surface area is 301 Å². The van der Waals surface area contributed by atoms with E-state index in [1.54, 1.807) is 0 Å². The smallest absolute Gasteiger partial charge is 0.174 e. The fraction of sp³-hybridized carbons (Fsp3) is 0.744. The summed E-state index contributed by atoms with van der Waals surface area (Å²) < 4.78 is 16.3. The molecular formula is C39H72Br2N2O2. The van der Waals surface area contributed by atoms with Crippen molar-refractivity contribution >= 4 is 0 Å². The summed E-state index contributed by atoms with van der Waals surface area (Å²) in [5.41, 5.74) is 2.41. The molecule has 0 unspecified atom stereocenters. The number of aromatic nitrogens is 2. The Morgan fingerprint density at radius 2 is 0.778 bits per heavy atom. The minimum absolute atomic E-state index is 0. The van der Waals surface area contributed by atoms with Gasteiger partial charge in [-0.15, -0.1) is 0 Å². The third kappa shape index (κ3) is 28.0. The number of nitrogens with zero attached hydrogens (tertiary/aromatic N) is 2. The van der Waals surface area contributed by atoms with E-state index in [4.69, 9.17) is 9.47 Å². The Morgan fingerprint density at radius 3 is 1.11 bits per heavy atom. The third-order valence-corrected chi connectivity index (χ3v) is 8.08. The lowest BCUT2D eigenvalue weighted by Crippen LogP contribution is -3.00. The van der Waals surface area contributed by atoms with Gasteiger partial charge in [0.15, 0.2) is 24.8 Å². The zero-order valence-electron chi connectivity index (χ0n) is 27.8. The van der Waals surface area contributed by atoms with Crippen molar-refractivity contribution in [2.45, 2.75) is 183 Å². The second-order valence-corrected chi connectivity index (χ2v) is 12.1. The molecule has 45 heavy (non-hydrogen) atoms. The van der Waals surface area contributed by atoms with Gasteiger partial charge in [0, 0.05) is 36.1 Å². The summed E-state index contributed by atoms with van der Waals surface area (Å²) in [6, 6.07) is 8.55.